The van der Waals surface area contributed by atoms with Crippen molar-refractivity contribution in [2.75, 3.05) is 18.0 Å². The van der Waals surface area contributed by atoms with Gasteiger partial charge in [-0.3, -0.25) is 4.79 Å². The second-order valence-corrected chi connectivity index (χ2v) is 15.7. The maximum atomic E-state index is 14.6. The summed E-state index contributed by atoms with van der Waals surface area (Å²) in [6.45, 7) is 3.66. The van der Waals surface area contributed by atoms with Crippen LogP contribution in [0.4, 0.5) is 18.9 Å². The molecule has 2 N–H and O–H groups in total. The van der Waals surface area contributed by atoms with Crippen molar-refractivity contribution < 1.29 is 36.2 Å². The molecule has 2 aromatic carbocycles. The van der Waals surface area contributed by atoms with Crippen LogP contribution in [0.1, 0.15) is 73.5 Å². The lowest BCUT2D eigenvalue weighted by molar-refractivity contribution is -0.273. The summed E-state index contributed by atoms with van der Waals surface area (Å²) in [5.74, 6) is -2.55. The number of allylic oxidation sites excluding steroid dienone is 1. The zero-order valence-electron chi connectivity index (χ0n) is 25.2. The number of anilines is 1. The lowest BCUT2D eigenvalue weighted by Gasteiger charge is -2.48. The van der Waals surface area contributed by atoms with Crippen molar-refractivity contribution in [3.05, 3.63) is 70.3 Å². The average molecular weight is 667 g/mol. The Bertz CT molecular complexity index is 1620. The van der Waals surface area contributed by atoms with Gasteiger partial charge in [-0.1, -0.05) is 30.7 Å². The number of alkyl halides is 3. The van der Waals surface area contributed by atoms with Crippen LogP contribution in [-0.4, -0.2) is 49.5 Å². The van der Waals surface area contributed by atoms with Gasteiger partial charge in [0.15, 0.2) is 5.60 Å². The molecule has 2 heterocycles. The SMILES string of the molecule is C[C@@H]1[C@@H](C)C/C=C/[C@@](O)(C(F)(F)F)[C@@H]2CC[C@H]2CN2C[C@H]3CCCc4cc(Cl)ccc4C3Oc3ccc(cc32)C(=O)NS1(=O)=O. The van der Waals surface area contributed by atoms with E-state index in [1.165, 1.54) is 19.1 Å². The van der Waals surface area contributed by atoms with Gasteiger partial charge in [-0.05, 0) is 105 Å². The Balaban J connectivity index is 1.46. The van der Waals surface area contributed by atoms with Crippen LogP contribution in [0.5, 0.6) is 5.75 Å². The van der Waals surface area contributed by atoms with Crippen LogP contribution in [0.3, 0.4) is 0 Å². The number of aryl methyl sites for hydroxylation is 1. The lowest BCUT2D eigenvalue weighted by atomic mass is 9.64. The number of halogens is 4. The molecule has 0 radical (unpaired) electrons. The molecule has 12 heteroatoms. The van der Waals surface area contributed by atoms with Gasteiger partial charge in [0.25, 0.3) is 5.91 Å². The monoisotopic (exact) mass is 666 g/mol. The first-order valence-electron chi connectivity index (χ1n) is 15.5. The number of rotatable bonds is 0. The number of aliphatic hydroxyl groups is 1. The number of carbonyl (C=O) groups is 1. The molecule has 1 saturated carbocycles. The zero-order valence-corrected chi connectivity index (χ0v) is 26.8. The van der Waals surface area contributed by atoms with E-state index in [1.807, 2.05) is 23.1 Å². The standard InChI is InChI=1S/C33H38ClF3N2O5S/c1-19-5-4-14-32(41,33(35,36)37)27-12-8-23(27)17-39-18-24-7-3-6-21-15-25(34)10-11-26(21)30(24)44-29-13-9-22(16-28(29)39)31(40)38-45(42,43)20(19)2/h4,9-11,13-16,19-20,23-24,27,30,41H,3,5-8,12,17-18H2,1-2H3,(H,38,40)/b14-4+/t19-,20+,23-,24+,27+,30?,32-/m0/s1. The molecule has 7 nitrogen and oxygen atoms in total. The van der Waals surface area contributed by atoms with Crippen LogP contribution in [-0.2, 0) is 16.4 Å². The van der Waals surface area contributed by atoms with Gasteiger partial charge >= 0.3 is 6.18 Å². The highest BCUT2D eigenvalue weighted by Gasteiger charge is 2.61. The maximum Gasteiger partial charge on any atom is 0.421 e. The third-order valence-electron chi connectivity index (χ3n) is 10.4. The number of fused-ring (bicyclic) bond motifs is 5. The fourth-order valence-corrected chi connectivity index (χ4v) is 8.87. The van der Waals surface area contributed by atoms with Crippen LogP contribution in [0.2, 0.25) is 5.02 Å². The third-order valence-corrected chi connectivity index (χ3v) is 12.6. The Labute approximate surface area is 266 Å². The average Bonchev–Trinajstić information content (AvgIpc) is 3.20. The normalized spacial score (nSPS) is 33.9. The van der Waals surface area contributed by atoms with Crippen molar-refractivity contribution in [1.82, 2.24) is 4.72 Å². The van der Waals surface area contributed by atoms with Crippen molar-refractivity contribution in [1.29, 1.82) is 0 Å². The summed E-state index contributed by atoms with van der Waals surface area (Å²) < 4.78 is 78.9. The first-order chi connectivity index (χ1) is 21.2. The Kier molecular flexibility index (Phi) is 8.44. The van der Waals surface area contributed by atoms with Gasteiger partial charge in [0, 0.05) is 35.5 Å². The van der Waals surface area contributed by atoms with Crippen LogP contribution in [0, 0.1) is 23.7 Å². The van der Waals surface area contributed by atoms with Crippen LogP contribution < -0.4 is 14.4 Å². The van der Waals surface area contributed by atoms with Crippen molar-refractivity contribution in [3.8, 4) is 5.75 Å². The van der Waals surface area contributed by atoms with Crippen molar-refractivity contribution in [2.45, 2.75) is 75.5 Å². The quantitative estimate of drug-likeness (QED) is 0.308. The molecule has 244 valence electrons. The van der Waals surface area contributed by atoms with Gasteiger partial charge in [-0.2, -0.15) is 13.2 Å². The van der Waals surface area contributed by atoms with E-state index in [0.29, 0.717) is 29.4 Å². The number of amides is 1. The van der Waals surface area contributed by atoms with Gasteiger partial charge in [0.05, 0.1) is 10.9 Å². The molecule has 2 aliphatic carbocycles. The van der Waals surface area contributed by atoms with E-state index in [-0.39, 0.29) is 37.0 Å². The molecule has 0 aromatic heterocycles. The summed E-state index contributed by atoms with van der Waals surface area (Å²) in [5.41, 5.74) is -0.361. The van der Waals surface area contributed by atoms with Crippen LogP contribution in [0.15, 0.2) is 48.6 Å². The number of ether oxygens (including phenoxy) is 1. The fourth-order valence-electron chi connectivity index (χ4n) is 7.39. The van der Waals surface area contributed by atoms with Gasteiger partial charge in [0.1, 0.15) is 11.9 Å². The molecule has 45 heavy (non-hydrogen) atoms. The Morgan fingerprint density at radius 3 is 2.53 bits per heavy atom. The van der Waals surface area contributed by atoms with Crippen molar-refractivity contribution in [2.24, 2.45) is 23.7 Å². The molecule has 1 amide bonds. The topological polar surface area (TPSA) is 95.9 Å². The molecular formula is C33H38ClF3N2O5S. The zero-order chi connectivity index (χ0) is 32.3. The number of benzene rings is 2. The number of carbonyl (C=O) groups excluding carboxylic acids is 1. The molecule has 4 aliphatic rings. The lowest BCUT2D eigenvalue weighted by Crippen LogP contribution is -2.57. The Morgan fingerprint density at radius 1 is 1.07 bits per heavy atom. The van der Waals surface area contributed by atoms with Gasteiger partial charge in [-0.25, -0.2) is 13.1 Å². The summed E-state index contributed by atoms with van der Waals surface area (Å²) in [5, 5.41) is 10.8. The van der Waals surface area contributed by atoms with E-state index >= 15 is 0 Å². The summed E-state index contributed by atoms with van der Waals surface area (Å²) >= 11 is 6.32. The largest absolute Gasteiger partial charge is 0.483 e. The first-order valence-corrected chi connectivity index (χ1v) is 17.5. The number of hydrogen-bond donors (Lipinski definition) is 2. The summed E-state index contributed by atoms with van der Waals surface area (Å²) in [6, 6.07) is 10.4. The predicted octanol–water partition coefficient (Wildman–Crippen LogP) is 6.60. The van der Waals surface area contributed by atoms with Crippen LogP contribution >= 0.6 is 11.6 Å². The fraction of sp³-hybridized carbons (Fsp3) is 0.545. The van der Waals surface area contributed by atoms with E-state index < -0.39 is 50.7 Å². The number of sulfonamides is 1. The molecule has 0 spiro atoms. The molecule has 2 bridgehead atoms. The highest BCUT2D eigenvalue weighted by Crippen LogP contribution is 2.52. The third kappa shape index (κ3) is 5.96. The minimum Gasteiger partial charge on any atom is -0.483 e. The van der Waals surface area contributed by atoms with Crippen molar-refractivity contribution >= 4 is 33.2 Å². The van der Waals surface area contributed by atoms with E-state index in [4.69, 9.17) is 16.3 Å². The highest BCUT2D eigenvalue weighted by molar-refractivity contribution is 7.90. The van der Waals surface area contributed by atoms with E-state index in [2.05, 4.69) is 4.72 Å². The first kappa shape index (κ1) is 32.2. The molecule has 2 aromatic rings. The maximum absolute atomic E-state index is 14.6. The Morgan fingerprint density at radius 2 is 1.82 bits per heavy atom. The van der Waals surface area contributed by atoms with E-state index in [1.54, 1.807) is 19.1 Å². The minimum absolute atomic E-state index is 0.0228. The highest BCUT2D eigenvalue weighted by atomic mass is 35.5. The molecule has 0 saturated heterocycles. The molecule has 7 atom stereocenters. The number of nitrogens with zero attached hydrogens (tertiary/aromatic N) is 1. The second-order valence-electron chi connectivity index (χ2n) is 13.2. The van der Waals surface area contributed by atoms with E-state index in [0.717, 1.165) is 36.5 Å². The Hall–Kier alpha value is -2.76. The number of hydrogen-bond acceptors (Lipinski definition) is 6. The van der Waals surface area contributed by atoms with Gasteiger partial charge in [0.2, 0.25) is 10.0 Å². The van der Waals surface area contributed by atoms with Gasteiger partial charge < -0.3 is 14.7 Å². The molecular weight excluding hydrogens is 629 g/mol. The van der Waals surface area contributed by atoms with Crippen molar-refractivity contribution in [3.63, 3.8) is 0 Å². The summed E-state index contributed by atoms with van der Waals surface area (Å²) in [6.07, 6.45) is -0.0658. The smallest absolute Gasteiger partial charge is 0.421 e. The molecule has 1 fully saturated rings. The van der Waals surface area contributed by atoms with Crippen LogP contribution in [0.25, 0.3) is 0 Å². The van der Waals surface area contributed by atoms with E-state index in [9.17, 15) is 31.5 Å². The second kappa shape index (κ2) is 11.8. The number of nitrogens with one attached hydrogen (secondary N) is 1. The molecule has 2 aliphatic heterocycles. The van der Waals surface area contributed by atoms with Gasteiger partial charge in [-0.15, -0.1) is 0 Å². The summed E-state index contributed by atoms with van der Waals surface area (Å²) in [7, 11) is -4.18. The molecule has 6 rings (SSSR count). The summed E-state index contributed by atoms with van der Waals surface area (Å²) in [4.78, 5) is 15.3. The predicted molar refractivity (Wildman–Crippen MR) is 166 cm³/mol. The molecule has 1 unspecified atom stereocenters. The minimum atomic E-state index is -4.92.